The van der Waals surface area contributed by atoms with Gasteiger partial charge in [0.15, 0.2) is 5.75 Å². The van der Waals surface area contributed by atoms with Crippen LogP contribution in [0, 0.1) is 10.1 Å². The van der Waals surface area contributed by atoms with Gasteiger partial charge in [0.2, 0.25) is 0 Å². The number of nitrogens with zero attached hydrogens (tertiary/aromatic N) is 1. The first-order chi connectivity index (χ1) is 8.96. The van der Waals surface area contributed by atoms with Gasteiger partial charge in [0.1, 0.15) is 12.2 Å². The lowest BCUT2D eigenvalue weighted by atomic mass is 10.1. The van der Waals surface area contributed by atoms with Crippen molar-refractivity contribution in [3.63, 3.8) is 0 Å². The molecule has 1 unspecified atom stereocenters. The zero-order valence-corrected chi connectivity index (χ0v) is 11.3. The number of nitro benzene ring substituents is 1. The third-order valence-corrected chi connectivity index (χ3v) is 2.53. The third kappa shape index (κ3) is 5.23. The second-order valence-corrected chi connectivity index (χ2v) is 4.69. The first-order valence-corrected chi connectivity index (χ1v) is 6.25. The van der Waals surface area contributed by atoms with E-state index in [2.05, 4.69) is 5.32 Å². The number of para-hydroxylation sites is 2. The van der Waals surface area contributed by atoms with Gasteiger partial charge in [0, 0.05) is 12.6 Å². The number of hydrogen-bond acceptors (Lipinski definition) is 5. The normalized spacial score (nSPS) is 13.8. The largest absolute Gasteiger partial charge is 0.484 e. The van der Waals surface area contributed by atoms with E-state index >= 15 is 0 Å². The molecule has 0 aliphatic heterocycles. The quantitative estimate of drug-likeness (QED) is 0.426. The Morgan fingerprint density at radius 3 is 2.79 bits per heavy atom. The summed E-state index contributed by atoms with van der Waals surface area (Å²) in [4.78, 5) is 10.3. The van der Waals surface area contributed by atoms with E-state index in [1.807, 2.05) is 6.92 Å². The molecule has 0 spiro atoms. The maximum atomic E-state index is 10.8. The molecule has 1 aromatic rings. The number of rotatable bonds is 8. The van der Waals surface area contributed by atoms with Gasteiger partial charge >= 0.3 is 5.69 Å². The minimum atomic E-state index is -1.07. The second-order valence-electron chi connectivity index (χ2n) is 4.69. The van der Waals surface area contributed by atoms with E-state index < -0.39 is 10.5 Å². The molecular formula is C13H20N2O4. The van der Waals surface area contributed by atoms with E-state index in [0.717, 1.165) is 13.0 Å². The van der Waals surface area contributed by atoms with Crippen molar-refractivity contribution in [2.75, 3.05) is 19.7 Å². The maximum Gasteiger partial charge on any atom is 0.310 e. The van der Waals surface area contributed by atoms with Crippen molar-refractivity contribution in [2.45, 2.75) is 25.9 Å². The summed E-state index contributed by atoms with van der Waals surface area (Å²) in [5.41, 5.74) is -1.17. The smallest absolute Gasteiger partial charge is 0.310 e. The highest BCUT2D eigenvalue weighted by Crippen LogP contribution is 2.26. The predicted molar refractivity (Wildman–Crippen MR) is 72.4 cm³/mol. The Hall–Kier alpha value is -1.66. The predicted octanol–water partition coefficient (Wildman–Crippen LogP) is 1.72. The monoisotopic (exact) mass is 268 g/mol. The molecule has 0 saturated carbocycles. The molecule has 0 fully saturated rings. The van der Waals surface area contributed by atoms with E-state index in [4.69, 9.17) is 4.74 Å². The zero-order valence-electron chi connectivity index (χ0n) is 11.3. The summed E-state index contributed by atoms with van der Waals surface area (Å²) in [5, 5.41) is 24.0. The standard InChI is InChI=1S/C13H20N2O4/c1-3-8-14-9-13(2,16)10-19-12-7-5-4-6-11(12)15(17)18/h4-7,14,16H,3,8-10H2,1-2H3. The van der Waals surface area contributed by atoms with Crippen molar-refractivity contribution in [1.82, 2.24) is 5.32 Å². The van der Waals surface area contributed by atoms with Gasteiger partial charge in [-0.1, -0.05) is 19.1 Å². The summed E-state index contributed by atoms with van der Waals surface area (Å²) in [6, 6.07) is 6.13. The Bertz CT molecular complexity index is 421. The Morgan fingerprint density at radius 2 is 2.16 bits per heavy atom. The molecule has 0 amide bonds. The van der Waals surface area contributed by atoms with Crippen molar-refractivity contribution in [2.24, 2.45) is 0 Å². The van der Waals surface area contributed by atoms with Gasteiger partial charge in [-0.25, -0.2) is 0 Å². The molecule has 0 radical (unpaired) electrons. The molecule has 6 nitrogen and oxygen atoms in total. The van der Waals surface area contributed by atoms with Crippen LogP contribution in [0.25, 0.3) is 0 Å². The van der Waals surface area contributed by atoms with Crippen LogP contribution < -0.4 is 10.1 Å². The van der Waals surface area contributed by atoms with Gasteiger partial charge in [-0.2, -0.15) is 0 Å². The lowest BCUT2D eigenvalue weighted by molar-refractivity contribution is -0.386. The fraction of sp³-hybridized carbons (Fsp3) is 0.538. The van der Waals surface area contributed by atoms with Crippen molar-refractivity contribution >= 4 is 5.69 Å². The van der Waals surface area contributed by atoms with Crippen LogP contribution in [0.15, 0.2) is 24.3 Å². The van der Waals surface area contributed by atoms with Gasteiger partial charge in [-0.05, 0) is 26.0 Å². The highest BCUT2D eigenvalue weighted by Gasteiger charge is 2.23. The minimum absolute atomic E-state index is 0.00539. The first kappa shape index (κ1) is 15.4. The fourth-order valence-corrected chi connectivity index (χ4v) is 1.55. The lowest BCUT2D eigenvalue weighted by Gasteiger charge is -2.23. The van der Waals surface area contributed by atoms with Gasteiger partial charge in [0.05, 0.1) is 4.92 Å². The molecule has 0 heterocycles. The van der Waals surface area contributed by atoms with Gasteiger partial charge in [-0.15, -0.1) is 0 Å². The Labute approximate surface area is 112 Å². The van der Waals surface area contributed by atoms with E-state index in [1.165, 1.54) is 12.1 Å². The topological polar surface area (TPSA) is 84.6 Å². The number of nitrogens with one attached hydrogen (secondary N) is 1. The number of nitro groups is 1. The molecule has 6 heteroatoms. The Morgan fingerprint density at radius 1 is 1.47 bits per heavy atom. The van der Waals surface area contributed by atoms with Crippen molar-refractivity contribution in [3.8, 4) is 5.75 Å². The van der Waals surface area contributed by atoms with Gasteiger partial charge in [0.25, 0.3) is 0 Å². The average molecular weight is 268 g/mol. The summed E-state index contributed by atoms with van der Waals surface area (Å²) in [6.45, 7) is 4.84. The van der Waals surface area contributed by atoms with Gasteiger partial charge in [-0.3, -0.25) is 10.1 Å². The molecule has 2 N–H and O–H groups in total. The van der Waals surface area contributed by atoms with Crippen LogP contribution in [0.1, 0.15) is 20.3 Å². The van der Waals surface area contributed by atoms with Crippen LogP contribution in [0.4, 0.5) is 5.69 Å². The molecular weight excluding hydrogens is 248 g/mol. The summed E-state index contributed by atoms with van der Waals surface area (Å²) < 4.78 is 5.36. The molecule has 0 aliphatic rings. The summed E-state index contributed by atoms with van der Waals surface area (Å²) in [5.74, 6) is 0.170. The van der Waals surface area contributed by atoms with Crippen LogP contribution in [-0.4, -0.2) is 35.3 Å². The molecule has 0 aliphatic carbocycles. The van der Waals surface area contributed by atoms with Crippen LogP contribution in [0.3, 0.4) is 0 Å². The van der Waals surface area contributed by atoms with Crippen molar-refractivity contribution < 1.29 is 14.8 Å². The van der Waals surface area contributed by atoms with Gasteiger partial charge < -0.3 is 15.2 Å². The summed E-state index contributed by atoms with van der Waals surface area (Å²) >= 11 is 0. The van der Waals surface area contributed by atoms with E-state index in [0.29, 0.717) is 6.54 Å². The summed E-state index contributed by atoms with van der Waals surface area (Å²) in [6.07, 6.45) is 0.973. The molecule has 0 aromatic heterocycles. The maximum absolute atomic E-state index is 10.8. The van der Waals surface area contributed by atoms with Crippen LogP contribution >= 0.6 is 0 Å². The molecule has 19 heavy (non-hydrogen) atoms. The van der Waals surface area contributed by atoms with Crippen LogP contribution in [0.2, 0.25) is 0 Å². The Balaban J connectivity index is 2.58. The molecule has 106 valence electrons. The van der Waals surface area contributed by atoms with E-state index in [1.54, 1.807) is 19.1 Å². The van der Waals surface area contributed by atoms with Crippen LogP contribution in [-0.2, 0) is 0 Å². The molecule has 0 saturated heterocycles. The number of benzene rings is 1. The molecule has 1 rings (SSSR count). The molecule has 1 atom stereocenters. The minimum Gasteiger partial charge on any atom is -0.484 e. The van der Waals surface area contributed by atoms with E-state index in [-0.39, 0.29) is 18.0 Å². The average Bonchev–Trinajstić information content (AvgIpc) is 2.37. The van der Waals surface area contributed by atoms with E-state index in [9.17, 15) is 15.2 Å². The third-order valence-electron chi connectivity index (χ3n) is 2.53. The zero-order chi connectivity index (χ0) is 14.3. The number of aliphatic hydroxyl groups is 1. The number of hydrogen-bond donors (Lipinski definition) is 2. The van der Waals surface area contributed by atoms with Crippen molar-refractivity contribution in [1.29, 1.82) is 0 Å². The number of ether oxygens (including phenoxy) is 1. The van der Waals surface area contributed by atoms with Crippen molar-refractivity contribution in [3.05, 3.63) is 34.4 Å². The SMILES string of the molecule is CCCNCC(C)(O)COc1ccccc1[N+](=O)[O-]. The second kappa shape index (κ2) is 7.06. The highest BCUT2D eigenvalue weighted by molar-refractivity contribution is 5.45. The highest BCUT2D eigenvalue weighted by atomic mass is 16.6. The van der Waals surface area contributed by atoms with Crippen LogP contribution in [0.5, 0.6) is 5.75 Å². The first-order valence-electron chi connectivity index (χ1n) is 6.25. The molecule has 1 aromatic carbocycles. The lowest BCUT2D eigenvalue weighted by Crippen LogP contribution is -2.43. The summed E-state index contributed by atoms with van der Waals surface area (Å²) in [7, 11) is 0. The fourth-order valence-electron chi connectivity index (χ4n) is 1.55. The Kier molecular flexibility index (Phi) is 5.72. The molecule has 0 bridgehead atoms.